The van der Waals surface area contributed by atoms with E-state index < -0.39 is 5.91 Å². The summed E-state index contributed by atoms with van der Waals surface area (Å²) in [6, 6.07) is 12.8. The smallest absolute Gasteiger partial charge is 0.243 e. The summed E-state index contributed by atoms with van der Waals surface area (Å²) < 4.78 is 11.5. The molecule has 0 aliphatic carbocycles. The van der Waals surface area contributed by atoms with E-state index in [1.54, 1.807) is 30.2 Å². The standard InChI is InChI=1S/C19H21BrN2O5/c1-26-15-6-7-16(17(11-15)27-2)22(19(24)9-8-18(23)21-25)12-13-4-3-5-14(20)10-13/h3-7,10-11,25H,8-9,12H2,1-2H3,(H,21,23). The molecule has 0 bridgehead atoms. The van der Waals surface area contributed by atoms with Crippen molar-refractivity contribution in [3.8, 4) is 11.5 Å². The third kappa shape index (κ3) is 5.70. The molecule has 0 spiro atoms. The number of hydroxylamine groups is 1. The molecule has 0 radical (unpaired) electrons. The van der Waals surface area contributed by atoms with Gasteiger partial charge in [0.2, 0.25) is 11.8 Å². The lowest BCUT2D eigenvalue weighted by Gasteiger charge is -2.25. The van der Waals surface area contributed by atoms with Gasteiger partial charge in [-0.25, -0.2) is 5.48 Å². The molecule has 0 heterocycles. The average Bonchev–Trinajstić information content (AvgIpc) is 2.69. The Labute approximate surface area is 166 Å². The van der Waals surface area contributed by atoms with E-state index in [0.717, 1.165) is 10.0 Å². The van der Waals surface area contributed by atoms with Crippen molar-refractivity contribution in [2.24, 2.45) is 0 Å². The summed E-state index contributed by atoms with van der Waals surface area (Å²) in [6.07, 6.45) is -0.182. The summed E-state index contributed by atoms with van der Waals surface area (Å²) in [4.78, 5) is 25.7. The molecule has 7 nitrogen and oxygen atoms in total. The third-order valence-electron chi connectivity index (χ3n) is 3.90. The summed E-state index contributed by atoms with van der Waals surface area (Å²) in [5.74, 6) is 0.184. The van der Waals surface area contributed by atoms with Crippen LogP contribution >= 0.6 is 15.9 Å². The van der Waals surface area contributed by atoms with Gasteiger partial charge >= 0.3 is 0 Å². The van der Waals surface area contributed by atoms with Gasteiger partial charge in [-0.3, -0.25) is 14.8 Å². The number of ether oxygens (including phenoxy) is 2. The Bertz CT molecular complexity index is 812. The Balaban J connectivity index is 2.36. The van der Waals surface area contributed by atoms with Gasteiger partial charge in [0.15, 0.2) is 0 Å². The van der Waals surface area contributed by atoms with E-state index in [0.29, 0.717) is 23.7 Å². The van der Waals surface area contributed by atoms with E-state index in [1.807, 2.05) is 24.3 Å². The van der Waals surface area contributed by atoms with E-state index in [9.17, 15) is 9.59 Å². The van der Waals surface area contributed by atoms with E-state index in [2.05, 4.69) is 15.9 Å². The van der Waals surface area contributed by atoms with Gasteiger partial charge in [0.1, 0.15) is 11.5 Å². The van der Waals surface area contributed by atoms with E-state index in [4.69, 9.17) is 14.7 Å². The van der Waals surface area contributed by atoms with Crippen molar-refractivity contribution in [3.63, 3.8) is 0 Å². The van der Waals surface area contributed by atoms with Crippen LogP contribution in [0.15, 0.2) is 46.9 Å². The number of hydrogen-bond acceptors (Lipinski definition) is 5. The molecular weight excluding hydrogens is 416 g/mol. The van der Waals surface area contributed by atoms with E-state index >= 15 is 0 Å². The topological polar surface area (TPSA) is 88.1 Å². The number of methoxy groups -OCH3 is 2. The van der Waals surface area contributed by atoms with Crippen molar-refractivity contribution in [1.29, 1.82) is 0 Å². The molecule has 0 aliphatic rings. The predicted octanol–water partition coefficient (Wildman–Crippen LogP) is 3.29. The van der Waals surface area contributed by atoms with Crippen molar-refractivity contribution >= 4 is 33.4 Å². The second-order valence-electron chi connectivity index (χ2n) is 5.68. The fraction of sp³-hybridized carbons (Fsp3) is 0.263. The Morgan fingerprint density at radius 1 is 1.11 bits per heavy atom. The van der Waals surface area contributed by atoms with Crippen molar-refractivity contribution in [2.45, 2.75) is 19.4 Å². The Kier molecular flexibility index (Phi) is 7.63. The highest BCUT2D eigenvalue weighted by Crippen LogP contribution is 2.34. The van der Waals surface area contributed by atoms with Gasteiger partial charge < -0.3 is 14.4 Å². The largest absolute Gasteiger partial charge is 0.497 e. The molecule has 2 aromatic carbocycles. The van der Waals surface area contributed by atoms with E-state index in [1.165, 1.54) is 12.6 Å². The summed E-state index contributed by atoms with van der Waals surface area (Å²) in [5.41, 5.74) is 3.00. The maximum atomic E-state index is 12.8. The molecule has 8 heteroatoms. The number of benzene rings is 2. The molecule has 27 heavy (non-hydrogen) atoms. The van der Waals surface area contributed by atoms with Crippen LogP contribution in [0.25, 0.3) is 0 Å². The van der Waals surface area contributed by atoms with Crippen molar-refractivity contribution in [1.82, 2.24) is 5.48 Å². The van der Waals surface area contributed by atoms with Crippen molar-refractivity contribution in [2.75, 3.05) is 19.1 Å². The third-order valence-corrected chi connectivity index (χ3v) is 4.39. The first-order chi connectivity index (χ1) is 13.0. The van der Waals surface area contributed by atoms with Crippen LogP contribution in [0.3, 0.4) is 0 Å². The molecule has 0 aliphatic heterocycles. The zero-order valence-corrected chi connectivity index (χ0v) is 16.7. The molecule has 144 valence electrons. The molecule has 0 atom stereocenters. The number of hydrogen-bond donors (Lipinski definition) is 2. The monoisotopic (exact) mass is 436 g/mol. The number of amides is 2. The van der Waals surface area contributed by atoms with Gasteiger partial charge in [0, 0.05) is 23.4 Å². The Morgan fingerprint density at radius 3 is 2.52 bits per heavy atom. The van der Waals surface area contributed by atoms with Gasteiger partial charge in [-0.05, 0) is 29.8 Å². The van der Waals surface area contributed by atoms with Gasteiger partial charge in [0.05, 0.1) is 26.5 Å². The zero-order valence-electron chi connectivity index (χ0n) is 15.1. The first kappa shape index (κ1) is 20.7. The Morgan fingerprint density at radius 2 is 1.89 bits per heavy atom. The minimum absolute atomic E-state index is 0.0599. The molecular formula is C19H21BrN2O5. The quantitative estimate of drug-likeness (QED) is 0.489. The molecule has 0 saturated carbocycles. The van der Waals surface area contributed by atoms with Crippen LogP contribution in [-0.4, -0.2) is 31.2 Å². The normalized spacial score (nSPS) is 10.2. The van der Waals surface area contributed by atoms with Crippen LogP contribution in [-0.2, 0) is 16.1 Å². The molecule has 2 aromatic rings. The molecule has 2 amide bonds. The first-order valence-electron chi connectivity index (χ1n) is 8.18. The second kappa shape index (κ2) is 9.94. The molecule has 0 fully saturated rings. The summed E-state index contributed by atoms with van der Waals surface area (Å²) in [5, 5.41) is 8.65. The van der Waals surface area contributed by atoms with Crippen molar-refractivity contribution in [3.05, 3.63) is 52.5 Å². The number of halogens is 1. The maximum absolute atomic E-state index is 12.8. The summed E-state index contributed by atoms with van der Waals surface area (Å²) in [6.45, 7) is 0.293. The van der Waals surface area contributed by atoms with Gasteiger partial charge in [-0.2, -0.15) is 0 Å². The van der Waals surface area contributed by atoms with Gasteiger partial charge in [-0.1, -0.05) is 28.1 Å². The first-order valence-corrected chi connectivity index (χ1v) is 8.97. The summed E-state index contributed by atoms with van der Waals surface area (Å²) in [7, 11) is 3.06. The minimum Gasteiger partial charge on any atom is -0.497 e. The van der Waals surface area contributed by atoms with Crippen LogP contribution in [0.2, 0.25) is 0 Å². The average molecular weight is 437 g/mol. The van der Waals surface area contributed by atoms with E-state index in [-0.39, 0.29) is 18.7 Å². The van der Waals surface area contributed by atoms with Crippen LogP contribution in [0.1, 0.15) is 18.4 Å². The number of carbonyl (C=O) groups is 2. The lowest BCUT2D eigenvalue weighted by Crippen LogP contribution is -2.32. The maximum Gasteiger partial charge on any atom is 0.243 e. The number of rotatable bonds is 8. The SMILES string of the molecule is COc1ccc(N(Cc2cccc(Br)c2)C(=O)CCC(=O)NO)c(OC)c1. The summed E-state index contributed by atoms with van der Waals surface area (Å²) >= 11 is 3.43. The second-order valence-corrected chi connectivity index (χ2v) is 6.60. The number of carbonyl (C=O) groups excluding carboxylic acids is 2. The van der Waals surface area contributed by atoms with Gasteiger partial charge in [0.25, 0.3) is 0 Å². The molecule has 2 N–H and O–H groups in total. The van der Waals surface area contributed by atoms with Crippen LogP contribution in [0.5, 0.6) is 11.5 Å². The van der Waals surface area contributed by atoms with Crippen molar-refractivity contribution < 1.29 is 24.3 Å². The zero-order chi connectivity index (χ0) is 19.8. The molecule has 0 aromatic heterocycles. The highest BCUT2D eigenvalue weighted by molar-refractivity contribution is 9.10. The highest BCUT2D eigenvalue weighted by atomic mass is 79.9. The number of nitrogens with one attached hydrogen (secondary N) is 1. The molecule has 0 saturated heterocycles. The Hall–Kier alpha value is -2.58. The van der Waals surface area contributed by atoms with Crippen LogP contribution < -0.4 is 19.9 Å². The number of anilines is 1. The highest BCUT2D eigenvalue weighted by Gasteiger charge is 2.21. The molecule has 2 rings (SSSR count). The fourth-order valence-electron chi connectivity index (χ4n) is 2.54. The molecule has 0 unspecified atom stereocenters. The number of nitrogens with zero attached hydrogens (tertiary/aromatic N) is 1. The lowest BCUT2D eigenvalue weighted by atomic mass is 10.1. The minimum atomic E-state index is -0.618. The van der Waals surface area contributed by atoms with Gasteiger partial charge in [-0.15, -0.1) is 0 Å². The fourth-order valence-corrected chi connectivity index (χ4v) is 2.99. The van der Waals surface area contributed by atoms with Crippen LogP contribution in [0.4, 0.5) is 5.69 Å². The van der Waals surface area contributed by atoms with Crippen LogP contribution in [0, 0.1) is 0 Å². The predicted molar refractivity (Wildman–Crippen MR) is 104 cm³/mol. The lowest BCUT2D eigenvalue weighted by molar-refractivity contribution is -0.131.